The number of aromatic nitrogens is 3. The monoisotopic (exact) mass is 597 g/mol. The second-order valence-corrected chi connectivity index (χ2v) is 11.9. The zero-order chi connectivity index (χ0) is 31.1. The van der Waals surface area contributed by atoms with Crippen LogP contribution in [0.3, 0.4) is 0 Å². The van der Waals surface area contributed by atoms with Crippen LogP contribution in [-0.2, 0) is 5.41 Å². The molecule has 0 N–H and O–H groups in total. The maximum Gasteiger partial charge on any atom is 0.164 e. The largest absolute Gasteiger partial charge is 0.496 e. The SMILES string of the molecule is COc1cc(-c2ccc3oc4cccc(-c5nc(-c6ccccc6)nc(-c6ccccc6)n5)c4c3c2)ccc1C1(C)C=CC=CC1. The van der Waals surface area contributed by atoms with Crippen LogP contribution in [0, 0.1) is 0 Å². The fourth-order valence-electron chi connectivity index (χ4n) is 6.39. The Kier molecular flexibility index (Phi) is 6.80. The summed E-state index contributed by atoms with van der Waals surface area (Å²) < 4.78 is 12.3. The maximum absolute atomic E-state index is 6.38. The summed E-state index contributed by atoms with van der Waals surface area (Å²) >= 11 is 0. The second kappa shape index (κ2) is 11.3. The Balaban J connectivity index is 1.29. The van der Waals surface area contributed by atoms with Crippen molar-refractivity contribution >= 4 is 21.9 Å². The van der Waals surface area contributed by atoms with Gasteiger partial charge in [-0.2, -0.15) is 0 Å². The number of fused-ring (bicyclic) bond motifs is 3. The van der Waals surface area contributed by atoms with E-state index in [-0.39, 0.29) is 5.41 Å². The van der Waals surface area contributed by atoms with Crippen LogP contribution in [0.5, 0.6) is 5.75 Å². The lowest BCUT2D eigenvalue weighted by Crippen LogP contribution is -2.20. The van der Waals surface area contributed by atoms with E-state index in [0.29, 0.717) is 17.5 Å². The van der Waals surface area contributed by atoms with Gasteiger partial charge in [0.1, 0.15) is 16.9 Å². The van der Waals surface area contributed by atoms with E-state index in [4.69, 9.17) is 24.1 Å². The van der Waals surface area contributed by atoms with E-state index in [1.807, 2.05) is 78.9 Å². The minimum Gasteiger partial charge on any atom is -0.496 e. The average Bonchev–Trinajstić information content (AvgIpc) is 3.50. The molecule has 1 aliphatic rings. The molecule has 2 heterocycles. The number of allylic oxidation sites excluding steroid dienone is 4. The second-order valence-electron chi connectivity index (χ2n) is 11.9. The van der Waals surface area contributed by atoms with Crippen LogP contribution in [0.4, 0.5) is 0 Å². The summed E-state index contributed by atoms with van der Waals surface area (Å²) in [7, 11) is 1.75. The molecule has 0 saturated heterocycles. The molecular formula is C41H31N3O2. The van der Waals surface area contributed by atoms with Crippen LogP contribution < -0.4 is 4.74 Å². The highest BCUT2D eigenvalue weighted by Gasteiger charge is 2.27. The van der Waals surface area contributed by atoms with Gasteiger partial charge in [-0.05, 0) is 41.8 Å². The predicted octanol–water partition coefficient (Wildman–Crippen LogP) is 10.2. The van der Waals surface area contributed by atoms with Gasteiger partial charge in [0, 0.05) is 38.4 Å². The summed E-state index contributed by atoms with van der Waals surface area (Å²) in [4.78, 5) is 14.9. The Labute approximate surface area is 267 Å². The molecule has 5 aromatic carbocycles. The van der Waals surface area contributed by atoms with Crippen molar-refractivity contribution in [1.82, 2.24) is 15.0 Å². The molecule has 7 aromatic rings. The van der Waals surface area contributed by atoms with Gasteiger partial charge < -0.3 is 9.15 Å². The lowest BCUT2D eigenvalue weighted by Gasteiger charge is -2.29. The van der Waals surface area contributed by atoms with Crippen LogP contribution in [-0.4, -0.2) is 22.1 Å². The summed E-state index contributed by atoms with van der Waals surface area (Å²) in [6.45, 7) is 2.25. The minimum absolute atomic E-state index is 0.111. The first kappa shape index (κ1) is 27.7. The Hall–Kier alpha value is -5.81. The quantitative estimate of drug-likeness (QED) is 0.191. The molecule has 0 fully saturated rings. The molecule has 1 aliphatic carbocycles. The highest BCUT2D eigenvalue weighted by molar-refractivity contribution is 6.12. The lowest BCUT2D eigenvalue weighted by molar-refractivity contribution is 0.399. The molecule has 2 aromatic heterocycles. The van der Waals surface area contributed by atoms with E-state index >= 15 is 0 Å². The summed E-state index contributed by atoms with van der Waals surface area (Å²) in [5.74, 6) is 2.73. The predicted molar refractivity (Wildman–Crippen MR) is 186 cm³/mol. The van der Waals surface area contributed by atoms with E-state index in [1.165, 1.54) is 5.56 Å². The molecule has 0 amide bonds. The van der Waals surface area contributed by atoms with Gasteiger partial charge >= 0.3 is 0 Å². The summed E-state index contributed by atoms with van der Waals surface area (Å²) in [6.07, 6.45) is 9.61. The molecule has 0 spiro atoms. The molecule has 0 saturated carbocycles. The zero-order valence-electron chi connectivity index (χ0n) is 25.6. The third kappa shape index (κ3) is 4.87. The van der Waals surface area contributed by atoms with E-state index in [2.05, 4.69) is 67.6 Å². The molecule has 5 nitrogen and oxygen atoms in total. The number of furan rings is 1. The zero-order valence-corrected chi connectivity index (χ0v) is 25.6. The third-order valence-electron chi connectivity index (χ3n) is 8.84. The summed E-state index contributed by atoms with van der Waals surface area (Å²) in [6, 6.07) is 39.0. The van der Waals surface area contributed by atoms with E-state index in [0.717, 1.165) is 61.9 Å². The standard InChI is InChI=1S/C41H31N3O2/c1-41(23-10-5-11-24-41)33-21-19-30(26-36(33)45-2)29-20-22-34-32(25-29)37-31(17-12-18-35(37)46-34)40-43-38(27-13-6-3-7-14-27)42-39(44-40)28-15-8-4-9-16-28/h3-23,25-26H,24H2,1-2H3. The van der Waals surface area contributed by atoms with Crippen molar-refractivity contribution in [2.24, 2.45) is 0 Å². The van der Waals surface area contributed by atoms with Crippen molar-refractivity contribution in [3.05, 3.63) is 145 Å². The highest BCUT2D eigenvalue weighted by Crippen LogP contribution is 2.42. The molecule has 0 aliphatic heterocycles. The molecule has 8 rings (SSSR count). The van der Waals surface area contributed by atoms with E-state index < -0.39 is 0 Å². The van der Waals surface area contributed by atoms with Crippen molar-refractivity contribution in [1.29, 1.82) is 0 Å². The first-order valence-electron chi connectivity index (χ1n) is 15.5. The fourth-order valence-corrected chi connectivity index (χ4v) is 6.39. The summed E-state index contributed by atoms with van der Waals surface area (Å²) in [5.41, 5.74) is 7.56. The van der Waals surface area contributed by atoms with Gasteiger partial charge in [-0.25, -0.2) is 15.0 Å². The van der Waals surface area contributed by atoms with Crippen LogP contribution in [0.1, 0.15) is 18.9 Å². The van der Waals surface area contributed by atoms with Gasteiger partial charge in [-0.15, -0.1) is 0 Å². The van der Waals surface area contributed by atoms with Crippen molar-refractivity contribution in [3.63, 3.8) is 0 Å². The normalized spacial score (nSPS) is 15.9. The van der Waals surface area contributed by atoms with Crippen molar-refractivity contribution in [2.45, 2.75) is 18.8 Å². The average molecular weight is 598 g/mol. The lowest BCUT2D eigenvalue weighted by atomic mass is 9.76. The number of hydrogen-bond donors (Lipinski definition) is 0. The van der Waals surface area contributed by atoms with Gasteiger partial charge in [-0.3, -0.25) is 0 Å². The molecule has 0 radical (unpaired) electrons. The molecule has 222 valence electrons. The van der Waals surface area contributed by atoms with Gasteiger partial charge in [0.15, 0.2) is 17.5 Å². The van der Waals surface area contributed by atoms with Crippen molar-refractivity contribution < 1.29 is 9.15 Å². The maximum atomic E-state index is 6.38. The van der Waals surface area contributed by atoms with E-state index in [1.54, 1.807) is 7.11 Å². The van der Waals surface area contributed by atoms with Crippen molar-refractivity contribution in [2.75, 3.05) is 7.11 Å². The van der Waals surface area contributed by atoms with Gasteiger partial charge in [0.05, 0.1) is 7.11 Å². The smallest absolute Gasteiger partial charge is 0.164 e. The topological polar surface area (TPSA) is 61.0 Å². The number of nitrogens with zero attached hydrogens (tertiary/aromatic N) is 3. The first-order valence-corrected chi connectivity index (χ1v) is 15.5. The van der Waals surface area contributed by atoms with Gasteiger partial charge in [0.25, 0.3) is 0 Å². The molecule has 1 unspecified atom stereocenters. The minimum atomic E-state index is -0.111. The number of rotatable bonds is 6. The van der Waals surface area contributed by atoms with Crippen LogP contribution >= 0.6 is 0 Å². The van der Waals surface area contributed by atoms with E-state index in [9.17, 15) is 0 Å². The molecular weight excluding hydrogens is 566 g/mol. The van der Waals surface area contributed by atoms with Gasteiger partial charge in [-0.1, -0.05) is 122 Å². The van der Waals surface area contributed by atoms with Crippen LogP contribution in [0.15, 0.2) is 144 Å². The summed E-state index contributed by atoms with van der Waals surface area (Å²) in [5, 5.41) is 1.97. The van der Waals surface area contributed by atoms with Crippen LogP contribution in [0.25, 0.3) is 67.2 Å². The molecule has 5 heteroatoms. The first-order chi connectivity index (χ1) is 22.6. The Morgan fingerprint density at radius 3 is 1.98 bits per heavy atom. The Bertz CT molecular complexity index is 2230. The van der Waals surface area contributed by atoms with Crippen LogP contribution in [0.2, 0.25) is 0 Å². The fraction of sp³-hybridized carbons (Fsp3) is 0.0976. The number of ether oxygens (including phenoxy) is 1. The Morgan fingerprint density at radius 2 is 1.30 bits per heavy atom. The van der Waals surface area contributed by atoms with Gasteiger partial charge in [0.2, 0.25) is 0 Å². The molecule has 46 heavy (non-hydrogen) atoms. The number of benzene rings is 5. The van der Waals surface area contributed by atoms with Crippen molar-refractivity contribution in [3.8, 4) is 51.0 Å². The number of methoxy groups -OCH3 is 1. The Morgan fingerprint density at radius 1 is 0.630 bits per heavy atom. The highest BCUT2D eigenvalue weighted by atomic mass is 16.5. The number of hydrogen-bond acceptors (Lipinski definition) is 5. The third-order valence-corrected chi connectivity index (χ3v) is 8.84. The molecule has 0 bridgehead atoms. The molecule has 1 atom stereocenters.